The Morgan fingerprint density at radius 3 is 2.50 bits per heavy atom. The minimum absolute atomic E-state index is 0.416. The highest BCUT2D eigenvalue weighted by atomic mass is 14.3. The fourth-order valence-corrected chi connectivity index (χ4v) is 4.97. The minimum Gasteiger partial charge on any atom is -0.0726 e. The first-order chi connectivity index (χ1) is 13.8. The Morgan fingerprint density at radius 2 is 1.64 bits per heavy atom. The Kier molecular flexibility index (Phi) is 4.64. The van der Waals surface area contributed by atoms with E-state index in [1.54, 1.807) is 11.1 Å². The maximum atomic E-state index is 2.45. The second kappa shape index (κ2) is 7.43. The summed E-state index contributed by atoms with van der Waals surface area (Å²) in [6, 6.07) is 16.4. The summed E-state index contributed by atoms with van der Waals surface area (Å²) in [6.07, 6.45) is 18.9. The summed E-state index contributed by atoms with van der Waals surface area (Å²) in [6.45, 7) is 2.24. The van der Waals surface area contributed by atoms with Gasteiger partial charge in [0.2, 0.25) is 0 Å². The Labute approximate surface area is 169 Å². The summed E-state index contributed by atoms with van der Waals surface area (Å²) < 4.78 is 0. The second-order valence-corrected chi connectivity index (χ2v) is 8.38. The second-order valence-electron chi connectivity index (χ2n) is 8.38. The van der Waals surface area contributed by atoms with Gasteiger partial charge in [0.15, 0.2) is 0 Å². The number of allylic oxidation sites excluding steroid dienone is 8. The van der Waals surface area contributed by atoms with Gasteiger partial charge in [-0.25, -0.2) is 0 Å². The molecule has 0 heteroatoms. The van der Waals surface area contributed by atoms with Gasteiger partial charge in [-0.1, -0.05) is 86.2 Å². The molecule has 0 radical (unpaired) electrons. The van der Waals surface area contributed by atoms with Crippen molar-refractivity contribution < 1.29 is 0 Å². The summed E-state index contributed by atoms with van der Waals surface area (Å²) in [5.74, 6) is 0.416. The summed E-state index contributed by atoms with van der Waals surface area (Å²) in [5.41, 5.74) is 11.8. The quantitative estimate of drug-likeness (QED) is 0.547. The monoisotopic (exact) mass is 364 g/mol. The van der Waals surface area contributed by atoms with Crippen molar-refractivity contribution in [2.45, 2.75) is 45.4 Å². The molecule has 0 amide bonds. The van der Waals surface area contributed by atoms with Gasteiger partial charge in [0.1, 0.15) is 0 Å². The molecule has 1 unspecified atom stereocenters. The van der Waals surface area contributed by atoms with Gasteiger partial charge in [-0.05, 0) is 76.6 Å². The van der Waals surface area contributed by atoms with Crippen LogP contribution in [0.4, 0.5) is 0 Å². The first-order valence-corrected chi connectivity index (χ1v) is 10.8. The lowest BCUT2D eigenvalue weighted by atomic mass is 9.79. The topological polar surface area (TPSA) is 0 Å². The molecule has 0 spiro atoms. The van der Waals surface area contributed by atoms with Crippen molar-refractivity contribution in [1.82, 2.24) is 0 Å². The Hall–Kier alpha value is -2.60. The van der Waals surface area contributed by atoms with E-state index in [4.69, 9.17) is 0 Å². The lowest BCUT2D eigenvalue weighted by Gasteiger charge is -2.25. The molecule has 0 bridgehead atoms. The smallest absolute Gasteiger partial charge is 0.0281 e. The molecular weight excluding hydrogens is 336 g/mol. The Bertz CT molecular complexity index is 1010. The molecule has 0 N–H and O–H groups in total. The van der Waals surface area contributed by atoms with E-state index in [2.05, 4.69) is 79.8 Å². The van der Waals surface area contributed by atoms with Crippen molar-refractivity contribution in [3.8, 4) is 0 Å². The lowest BCUT2D eigenvalue weighted by Crippen LogP contribution is -2.10. The molecule has 0 saturated carbocycles. The molecule has 2 aromatic rings. The van der Waals surface area contributed by atoms with E-state index in [-0.39, 0.29) is 0 Å². The van der Waals surface area contributed by atoms with E-state index < -0.39 is 0 Å². The zero-order valence-corrected chi connectivity index (χ0v) is 16.7. The van der Waals surface area contributed by atoms with Crippen LogP contribution in [-0.2, 0) is 25.7 Å². The minimum atomic E-state index is 0.416. The molecule has 0 saturated heterocycles. The third kappa shape index (κ3) is 3.22. The predicted octanol–water partition coefficient (Wildman–Crippen LogP) is 6.81. The van der Waals surface area contributed by atoms with E-state index in [9.17, 15) is 0 Å². The fraction of sp³-hybridized carbons (Fsp3) is 0.286. The third-order valence-electron chi connectivity index (χ3n) is 6.47. The van der Waals surface area contributed by atoms with Crippen molar-refractivity contribution >= 4 is 5.57 Å². The SMILES string of the molecule is CCCc1ccc(CC2=CC=C(c3ccc4c(c3)CCC4)C3C=CC=C23)cc1. The van der Waals surface area contributed by atoms with Crippen LogP contribution in [0, 0.1) is 5.92 Å². The van der Waals surface area contributed by atoms with Crippen LogP contribution in [0.2, 0.25) is 0 Å². The zero-order chi connectivity index (χ0) is 18.9. The molecule has 3 aliphatic carbocycles. The molecule has 140 valence electrons. The van der Waals surface area contributed by atoms with Crippen molar-refractivity contribution in [2.75, 3.05) is 0 Å². The van der Waals surface area contributed by atoms with Gasteiger partial charge in [-0.15, -0.1) is 0 Å². The van der Waals surface area contributed by atoms with Crippen LogP contribution in [0.1, 0.15) is 47.6 Å². The van der Waals surface area contributed by atoms with Crippen LogP contribution < -0.4 is 0 Å². The first kappa shape index (κ1) is 17.5. The molecule has 0 nitrogen and oxygen atoms in total. The number of aryl methyl sites for hydroxylation is 3. The number of rotatable bonds is 5. The van der Waals surface area contributed by atoms with Crippen molar-refractivity contribution in [2.24, 2.45) is 5.92 Å². The van der Waals surface area contributed by atoms with Crippen LogP contribution in [0.15, 0.2) is 84.0 Å². The summed E-state index contributed by atoms with van der Waals surface area (Å²) >= 11 is 0. The average molecular weight is 365 g/mol. The van der Waals surface area contributed by atoms with E-state index in [1.165, 1.54) is 65.5 Å². The molecule has 0 fully saturated rings. The fourth-order valence-electron chi connectivity index (χ4n) is 4.97. The molecule has 5 rings (SSSR count). The van der Waals surface area contributed by atoms with Crippen LogP contribution >= 0.6 is 0 Å². The average Bonchev–Trinajstić information content (AvgIpc) is 3.39. The van der Waals surface area contributed by atoms with Gasteiger partial charge < -0.3 is 0 Å². The van der Waals surface area contributed by atoms with E-state index in [0.29, 0.717) is 5.92 Å². The van der Waals surface area contributed by atoms with Crippen LogP contribution in [-0.4, -0.2) is 0 Å². The molecule has 0 aliphatic heterocycles. The standard InChI is InChI=1S/C28H28/c1-2-5-20-10-12-21(13-11-20)18-24-16-17-27(28-9-4-8-26(24)28)25-15-14-22-6-3-7-23(22)19-25/h4,8-17,19,28H,2-3,5-7,18H2,1H3. The highest BCUT2D eigenvalue weighted by molar-refractivity contribution is 5.79. The van der Waals surface area contributed by atoms with Crippen LogP contribution in [0.5, 0.6) is 0 Å². The van der Waals surface area contributed by atoms with Crippen LogP contribution in [0.3, 0.4) is 0 Å². The van der Waals surface area contributed by atoms with Gasteiger partial charge in [0.25, 0.3) is 0 Å². The molecular formula is C28H28. The number of hydrogen-bond donors (Lipinski definition) is 0. The molecule has 0 aromatic heterocycles. The van der Waals surface area contributed by atoms with Gasteiger partial charge >= 0.3 is 0 Å². The summed E-state index contributed by atoms with van der Waals surface area (Å²) in [5, 5.41) is 0. The van der Waals surface area contributed by atoms with Gasteiger partial charge in [-0.2, -0.15) is 0 Å². The zero-order valence-electron chi connectivity index (χ0n) is 16.7. The molecule has 1 atom stereocenters. The Morgan fingerprint density at radius 1 is 0.821 bits per heavy atom. The molecule has 28 heavy (non-hydrogen) atoms. The molecule has 0 heterocycles. The van der Waals surface area contributed by atoms with Crippen molar-refractivity contribution in [3.63, 3.8) is 0 Å². The van der Waals surface area contributed by atoms with Crippen LogP contribution in [0.25, 0.3) is 5.57 Å². The largest absolute Gasteiger partial charge is 0.0726 e. The maximum absolute atomic E-state index is 2.45. The normalized spacial score (nSPS) is 19.8. The van der Waals surface area contributed by atoms with Gasteiger partial charge in [0, 0.05) is 5.92 Å². The van der Waals surface area contributed by atoms with Crippen molar-refractivity contribution in [3.05, 3.63) is 112 Å². The number of fused-ring (bicyclic) bond motifs is 2. The maximum Gasteiger partial charge on any atom is 0.0281 e. The predicted molar refractivity (Wildman–Crippen MR) is 119 cm³/mol. The summed E-state index contributed by atoms with van der Waals surface area (Å²) in [4.78, 5) is 0. The van der Waals surface area contributed by atoms with E-state index in [1.807, 2.05) is 0 Å². The van der Waals surface area contributed by atoms with E-state index >= 15 is 0 Å². The first-order valence-electron chi connectivity index (χ1n) is 10.8. The van der Waals surface area contributed by atoms with Crippen molar-refractivity contribution in [1.29, 1.82) is 0 Å². The molecule has 3 aliphatic rings. The summed E-state index contributed by atoms with van der Waals surface area (Å²) in [7, 11) is 0. The van der Waals surface area contributed by atoms with Gasteiger partial charge in [0.05, 0.1) is 0 Å². The highest BCUT2D eigenvalue weighted by Crippen LogP contribution is 2.42. The Balaban J connectivity index is 1.43. The van der Waals surface area contributed by atoms with Gasteiger partial charge in [-0.3, -0.25) is 0 Å². The lowest BCUT2D eigenvalue weighted by molar-refractivity contribution is 0.911. The molecule has 2 aromatic carbocycles. The number of benzene rings is 2. The highest BCUT2D eigenvalue weighted by Gasteiger charge is 2.26. The number of hydrogen-bond acceptors (Lipinski definition) is 0. The van der Waals surface area contributed by atoms with E-state index in [0.717, 1.165) is 6.42 Å². The third-order valence-corrected chi connectivity index (χ3v) is 6.47.